The molecule has 1 atom stereocenters. The molecule has 0 spiro atoms. The zero-order chi connectivity index (χ0) is 22.8. The lowest BCUT2D eigenvalue weighted by atomic mass is 9.88. The average Bonchev–Trinajstić information content (AvgIpc) is 2.69. The van der Waals surface area contributed by atoms with Crippen LogP contribution in [0.3, 0.4) is 0 Å². The fourth-order valence-electron chi connectivity index (χ4n) is 3.03. The third-order valence-corrected chi connectivity index (χ3v) is 4.50. The van der Waals surface area contributed by atoms with Crippen LogP contribution in [-0.2, 0) is 7.05 Å². The van der Waals surface area contributed by atoms with Crippen LogP contribution in [0.1, 0.15) is 34.0 Å². The van der Waals surface area contributed by atoms with Crippen LogP contribution < -0.4 is 10.3 Å². The minimum atomic E-state index is -5.09. The molecule has 0 radical (unpaired) electrons. The van der Waals surface area contributed by atoms with E-state index in [9.17, 15) is 31.5 Å². The molecule has 0 bridgehead atoms. The van der Waals surface area contributed by atoms with Crippen molar-refractivity contribution in [3.8, 4) is 5.75 Å². The quantitative estimate of drug-likeness (QED) is 0.424. The van der Waals surface area contributed by atoms with E-state index in [1.165, 1.54) is 42.2 Å². The summed E-state index contributed by atoms with van der Waals surface area (Å²) in [5, 5.41) is 0. The van der Waals surface area contributed by atoms with Crippen LogP contribution in [-0.4, -0.2) is 21.7 Å². The number of benzene rings is 1. The first kappa shape index (κ1) is 22.1. The Bertz CT molecular complexity index is 1170. The maximum atomic E-state index is 14.4. The second kappa shape index (κ2) is 8.66. The fraction of sp³-hybridized carbons (Fsp3) is 0.190. The number of ether oxygens (including phenoxy) is 1. The number of aromatic nitrogens is 2. The lowest BCUT2D eigenvalue weighted by Crippen LogP contribution is -2.19. The number of halogens is 5. The molecule has 0 N–H and O–H groups in total. The van der Waals surface area contributed by atoms with Crippen LogP contribution in [0.4, 0.5) is 22.0 Å². The molecule has 3 aromatic rings. The Balaban J connectivity index is 2.00. The highest BCUT2D eigenvalue weighted by Crippen LogP contribution is 2.33. The van der Waals surface area contributed by atoms with Crippen molar-refractivity contribution >= 4 is 5.78 Å². The summed E-state index contributed by atoms with van der Waals surface area (Å²) in [6, 6.07) is 7.52. The van der Waals surface area contributed by atoms with E-state index in [2.05, 4.69) is 9.72 Å². The predicted molar refractivity (Wildman–Crippen MR) is 99.8 cm³/mol. The van der Waals surface area contributed by atoms with Gasteiger partial charge in [-0.3, -0.25) is 14.6 Å². The van der Waals surface area contributed by atoms with E-state index >= 15 is 0 Å². The van der Waals surface area contributed by atoms with E-state index in [1.807, 2.05) is 0 Å². The molecule has 0 saturated carbocycles. The largest absolute Gasteiger partial charge is 0.573 e. The van der Waals surface area contributed by atoms with Gasteiger partial charge in [0.1, 0.15) is 5.82 Å². The molecule has 0 unspecified atom stereocenters. The van der Waals surface area contributed by atoms with Gasteiger partial charge in [0.05, 0.1) is 5.69 Å². The van der Waals surface area contributed by atoms with E-state index in [1.54, 1.807) is 0 Å². The van der Waals surface area contributed by atoms with Crippen molar-refractivity contribution in [2.75, 3.05) is 0 Å². The fourth-order valence-corrected chi connectivity index (χ4v) is 3.03. The highest BCUT2D eigenvalue weighted by atomic mass is 19.4. The molecule has 0 aliphatic heterocycles. The summed E-state index contributed by atoms with van der Waals surface area (Å²) < 4.78 is 70.7. The van der Waals surface area contributed by atoms with Crippen molar-refractivity contribution in [3.63, 3.8) is 0 Å². The summed E-state index contributed by atoms with van der Waals surface area (Å²) in [4.78, 5) is 28.2. The van der Waals surface area contributed by atoms with Crippen molar-refractivity contribution in [2.45, 2.75) is 18.7 Å². The number of aryl methyl sites for hydroxylation is 1. The van der Waals surface area contributed by atoms with Gasteiger partial charge in [0.15, 0.2) is 17.3 Å². The molecular weight excluding hydrogens is 423 g/mol. The highest BCUT2D eigenvalue weighted by Gasteiger charge is 2.33. The highest BCUT2D eigenvalue weighted by molar-refractivity contribution is 5.96. The van der Waals surface area contributed by atoms with Crippen LogP contribution in [0, 0.1) is 11.6 Å². The molecule has 0 aliphatic carbocycles. The number of rotatable bonds is 6. The summed E-state index contributed by atoms with van der Waals surface area (Å²) >= 11 is 0. The van der Waals surface area contributed by atoms with Crippen molar-refractivity contribution in [1.82, 2.24) is 9.55 Å². The molecule has 2 aromatic heterocycles. The molecule has 5 nitrogen and oxygen atoms in total. The van der Waals surface area contributed by atoms with E-state index in [4.69, 9.17) is 0 Å². The molecule has 1 aromatic carbocycles. The third-order valence-electron chi connectivity index (χ3n) is 4.50. The Morgan fingerprint density at radius 1 is 1.13 bits per heavy atom. The number of Topliss-reactive ketones (excluding diaryl/α,β-unsaturated/α-hetero) is 1. The van der Waals surface area contributed by atoms with E-state index in [-0.39, 0.29) is 28.8 Å². The SMILES string of the molecule is Cn1cc(C(=O)C[C@@H](c2ccc(OC(F)(F)F)c(F)c2)c2ncccc2F)ccc1=O. The van der Waals surface area contributed by atoms with Crippen molar-refractivity contribution < 1.29 is 31.5 Å². The Kier molecular flexibility index (Phi) is 6.19. The summed E-state index contributed by atoms with van der Waals surface area (Å²) in [6.07, 6.45) is -2.88. The van der Waals surface area contributed by atoms with Crippen LogP contribution in [0.25, 0.3) is 0 Å². The van der Waals surface area contributed by atoms with Gasteiger partial charge in [0.2, 0.25) is 5.56 Å². The van der Waals surface area contributed by atoms with Gasteiger partial charge >= 0.3 is 6.36 Å². The van der Waals surface area contributed by atoms with Gasteiger partial charge in [-0.25, -0.2) is 8.78 Å². The lowest BCUT2D eigenvalue weighted by Gasteiger charge is -2.18. The van der Waals surface area contributed by atoms with Gasteiger partial charge in [-0.05, 0) is 35.9 Å². The van der Waals surface area contributed by atoms with Gasteiger partial charge in [-0.15, -0.1) is 13.2 Å². The topological polar surface area (TPSA) is 61.2 Å². The molecular formula is C21H15F5N2O3. The molecule has 0 aliphatic rings. The molecule has 10 heteroatoms. The number of pyridine rings is 2. The van der Waals surface area contributed by atoms with Gasteiger partial charge in [-0.1, -0.05) is 6.07 Å². The number of carbonyl (C=O) groups is 1. The number of nitrogens with zero attached hydrogens (tertiary/aromatic N) is 2. The second-order valence-corrected chi connectivity index (χ2v) is 6.65. The number of alkyl halides is 3. The van der Waals surface area contributed by atoms with Gasteiger partial charge in [-0.2, -0.15) is 0 Å². The monoisotopic (exact) mass is 438 g/mol. The standard InChI is InChI=1S/C21H15F5N2O3/c1-28-11-13(5-7-19(28)30)17(29)10-14(20-15(22)3-2-8-27-20)12-4-6-18(16(23)9-12)31-21(24,25)26/h2-9,11,14H,10H2,1H3/t14-/m0/s1. The number of ketones is 1. The van der Waals surface area contributed by atoms with Crippen LogP contribution >= 0.6 is 0 Å². The first-order valence-electron chi connectivity index (χ1n) is 8.90. The summed E-state index contributed by atoms with van der Waals surface area (Å²) in [5.74, 6) is -4.74. The summed E-state index contributed by atoms with van der Waals surface area (Å²) in [7, 11) is 1.45. The van der Waals surface area contributed by atoms with Gasteiger partial charge in [0, 0.05) is 43.4 Å². The maximum absolute atomic E-state index is 14.4. The van der Waals surface area contributed by atoms with E-state index in [0.29, 0.717) is 0 Å². The summed E-state index contributed by atoms with van der Waals surface area (Å²) in [5.41, 5.74) is -0.334. The average molecular weight is 438 g/mol. The zero-order valence-electron chi connectivity index (χ0n) is 16.0. The molecule has 0 fully saturated rings. The van der Waals surface area contributed by atoms with Crippen molar-refractivity contribution in [1.29, 1.82) is 0 Å². The number of hydrogen-bond acceptors (Lipinski definition) is 4. The zero-order valence-corrected chi connectivity index (χ0v) is 16.0. The lowest BCUT2D eigenvalue weighted by molar-refractivity contribution is -0.275. The van der Waals surface area contributed by atoms with Gasteiger partial charge < -0.3 is 9.30 Å². The minimum Gasteiger partial charge on any atom is -0.403 e. The van der Waals surface area contributed by atoms with Gasteiger partial charge in [0.25, 0.3) is 0 Å². The number of carbonyl (C=O) groups excluding carboxylic acids is 1. The molecule has 0 saturated heterocycles. The van der Waals surface area contributed by atoms with Crippen LogP contribution in [0.5, 0.6) is 5.75 Å². The van der Waals surface area contributed by atoms with Crippen molar-refractivity contribution in [2.24, 2.45) is 7.05 Å². The molecule has 3 rings (SSSR count). The molecule has 162 valence electrons. The Morgan fingerprint density at radius 2 is 1.87 bits per heavy atom. The Hall–Kier alpha value is -3.56. The second-order valence-electron chi connectivity index (χ2n) is 6.65. The summed E-state index contributed by atoms with van der Waals surface area (Å²) in [6.45, 7) is 0. The van der Waals surface area contributed by atoms with Crippen LogP contribution in [0.2, 0.25) is 0 Å². The van der Waals surface area contributed by atoms with E-state index in [0.717, 1.165) is 24.3 Å². The van der Waals surface area contributed by atoms with E-state index < -0.39 is 35.4 Å². The number of hydrogen-bond donors (Lipinski definition) is 0. The normalized spacial score (nSPS) is 12.5. The third kappa shape index (κ3) is 5.33. The molecule has 31 heavy (non-hydrogen) atoms. The van der Waals surface area contributed by atoms with Crippen molar-refractivity contribution in [3.05, 3.63) is 93.7 Å². The van der Waals surface area contributed by atoms with Crippen LogP contribution in [0.15, 0.2) is 59.7 Å². The Labute approximate surface area is 172 Å². The minimum absolute atomic E-state index is 0.0304. The molecule has 0 amide bonds. The first-order valence-corrected chi connectivity index (χ1v) is 8.90. The first-order chi connectivity index (χ1) is 14.5. The smallest absolute Gasteiger partial charge is 0.403 e. The maximum Gasteiger partial charge on any atom is 0.573 e. The Morgan fingerprint density at radius 3 is 2.48 bits per heavy atom. The molecule has 2 heterocycles. The predicted octanol–water partition coefficient (Wildman–Crippen LogP) is 4.36.